The smallest absolute Gasteiger partial charge is 0.311 e. The van der Waals surface area contributed by atoms with Gasteiger partial charge in [0.15, 0.2) is 5.75 Å². The number of nitro benzene ring substituents is 1. The minimum Gasteiger partial charge on any atom is -0.490 e. The maximum atomic E-state index is 10.6. The van der Waals surface area contributed by atoms with Crippen LogP contribution in [0.25, 0.3) is 0 Å². The van der Waals surface area contributed by atoms with E-state index in [1.54, 1.807) is 12.1 Å². The van der Waals surface area contributed by atoms with Gasteiger partial charge in [-0.25, -0.2) is 0 Å². The average molecular weight is 226 g/mol. The molecule has 0 heterocycles. The Kier molecular flexibility index (Phi) is 4.53. The number of nitrogens with one attached hydrogen (secondary N) is 1. The normalized spacial score (nSPS) is 9.88. The highest BCUT2D eigenvalue weighted by molar-refractivity contribution is 5.57. The molecule has 0 saturated carbocycles. The second-order valence-electron chi connectivity index (χ2n) is 3.15. The maximum Gasteiger partial charge on any atom is 0.311 e. The quantitative estimate of drug-likeness (QED) is 0.435. The molecule has 0 saturated heterocycles. The van der Waals surface area contributed by atoms with E-state index >= 15 is 0 Å². The van der Waals surface area contributed by atoms with Crippen molar-refractivity contribution in [3.63, 3.8) is 0 Å². The van der Waals surface area contributed by atoms with Crippen LogP contribution in [-0.2, 0) is 0 Å². The Morgan fingerprint density at radius 2 is 2.31 bits per heavy atom. The van der Waals surface area contributed by atoms with Gasteiger partial charge in [-0.1, -0.05) is 0 Å². The number of methoxy groups -OCH3 is 1. The van der Waals surface area contributed by atoms with E-state index in [9.17, 15) is 10.1 Å². The second kappa shape index (κ2) is 5.92. The first-order valence-electron chi connectivity index (χ1n) is 4.86. The number of benzene rings is 1. The zero-order valence-corrected chi connectivity index (χ0v) is 8.97. The topological polar surface area (TPSA) is 84.6 Å². The van der Waals surface area contributed by atoms with Crippen molar-refractivity contribution in [2.45, 2.75) is 6.42 Å². The summed E-state index contributed by atoms with van der Waals surface area (Å²) in [5, 5.41) is 22.3. The molecule has 1 rings (SSSR count). The number of hydrogen-bond donors (Lipinski definition) is 2. The van der Waals surface area contributed by atoms with E-state index in [-0.39, 0.29) is 18.0 Å². The Labute approximate surface area is 93.0 Å². The van der Waals surface area contributed by atoms with Crippen LogP contribution in [-0.4, -0.2) is 30.3 Å². The van der Waals surface area contributed by atoms with Crippen LogP contribution in [0.15, 0.2) is 18.2 Å². The minimum absolute atomic E-state index is 0.0600. The molecule has 0 aliphatic heterocycles. The Balaban J connectivity index is 2.78. The lowest BCUT2D eigenvalue weighted by Crippen LogP contribution is -2.04. The molecule has 1 aromatic rings. The number of nitro groups is 1. The summed E-state index contributed by atoms with van der Waals surface area (Å²) in [4.78, 5) is 10.1. The van der Waals surface area contributed by atoms with Gasteiger partial charge in [0.2, 0.25) is 0 Å². The summed E-state index contributed by atoms with van der Waals surface area (Å²) in [6.45, 7) is 0.717. The summed E-state index contributed by atoms with van der Waals surface area (Å²) in [6, 6.07) is 4.56. The molecule has 0 radical (unpaired) electrons. The molecule has 16 heavy (non-hydrogen) atoms. The Morgan fingerprint density at radius 3 is 2.88 bits per heavy atom. The third-order valence-corrected chi connectivity index (χ3v) is 2.04. The number of hydrogen-bond acceptors (Lipinski definition) is 5. The zero-order valence-electron chi connectivity index (χ0n) is 8.97. The van der Waals surface area contributed by atoms with E-state index in [2.05, 4.69) is 5.32 Å². The highest BCUT2D eigenvalue weighted by atomic mass is 16.6. The van der Waals surface area contributed by atoms with Crippen molar-refractivity contribution in [1.29, 1.82) is 0 Å². The summed E-state index contributed by atoms with van der Waals surface area (Å²) < 4.78 is 4.92. The van der Waals surface area contributed by atoms with Crippen LogP contribution in [0.3, 0.4) is 0 Å². The number of aliphatic hydroxyl groups excluding tert-OH is 1. The lowest BCUT2D eigenvalue weighted by Gasteiger charge is -2.07. The van der Waals surface area contributed by atoms with Gasteiger partial charge in [-0.05, 0) is 12.5 Å². The highest BCUT2D eigenvalue weighted by Gasteiger charge is 2.14. The predicted octanol–water partition coefficient (Wildman–Crippen LogP) is 1.40. The van der Waals surface area contributed by atoms with E-state index in [4.69, 9.17) is 9.84 Å². The number of aliphatic hydroxyl groups is 1. The molecular formula is C10H14N2O4. The molecule has 88 valence electrons. The fraction of sp³-hybridized carbons (Fsp3) is 0.400. The maximum absolute atomic E-state index is 10.6. The van der Waals surface area contributed by atoms with Gasteiger partial charge in [0.05, 0.1) is 12.0 Å². The molecule has 1 aromatic carbocycles. The largest absolute Gasteiger partial charge is 0.490 e. The molecule has 2 N–H and O–H groups in total. The van der Waals surface area contributed by atoms with Gasteiger partial charge < -0.3 is 15.2 Å². The van der Waals surface area contributed by atoms with Crippen LogP contribution in [0.1, 0.15) is 6.42 Å². The summed E-state index contributed by atoms with van der Waals surface area (Å²) in [6.07, 6.45) is 0.624. The van der Waals surface area contributed by atoms with E-state index in [0.29, 0.717) is 13.0 Å². The van der Waals surface area contributed by atoms with Crippen molar-refractivity contribution in [3.05, 3.63) is 28.3 Å². The van der Waals surface area contributed by atoms with Crippen LogP contribution >= 0.6 is 0 Å². The summed E-state index contributed by atoms with van der Waals surface area (Å²) in [7, 11) is 1.39. The summed E-state index contributed by atoms with van der Waals surface area (Å²) in [5.74, 6) is 0.221. The van der Waals surface area contributed by atoms with Crippen molar-refractivity contribution < 1.29 is 14.8 Å². The van der Waals surface area contributed by atoms with E-state index in [0.717, 1.165) is 5.69 Å². The average Bonchev–Trinajstić information content (AvgIpc) is 2.29. The molecule has 0 bridgehead atoms. The molecule has 0 aromatic heterocycles. The lowest BCUT2D eigenvalue weighted by atomic mass is 10.2. The highest BCUT2D eigenvalue weighted by Crippen LogP contribution is 2.29. The first-order valence-corrected chi connectivity index (χ1v) is 4.86. The van der Waals surface area contributed by atoms with Gasteiger partial charge in [-0.3, -0.25) is 10.1 Å². The number of rotatable bonds is 6. The van der Waals surface area contributed by atoms with Gasteiger partial charge >= 0.3 is 5.69 Å². The fourth-order valence-corrected chi connectivity index (χ4v) is 1.25. The fourth-order valence-electron chi connectivity index (χ4n) is 1.25. The van der Waals surface area contributed by atoms with E-state index < -0.39 is 4.92 Å². The molecule has 0 atom stereocenters. The SMILES string of the molecule is COc1cc(NCCCO)ccc1[N+](=O)[O-]. The summed E-state index contributed by atoms with van der Waals surface area (Å²) in [5.41, 5.74) is 0.672. The van der Waals surface area contributed by atoms with Gasteiger partial charge in [0.25, 0.3) is 0 Å². The summed E-state index contributed by atoms with van der Waals surface area (Å²) >= 11 is 0. The van der Waals surface area contributed by atoms with Crippen LogP contribution in [0, 0.1) is 10.1 Å². The molecule has 6 nitrogen and oxygen atoms in total. The van der Waals surface area contributed by atoms with Crippen molar-refractivity contribution in [3.8, 4) is 5.75 Å². The number of ether oxygens (including phenoxy) is 1. The van der Waals surface area contributed by atoms with Crippen molar-refractivity contribution in [2.24, 2.45) is 0 Å². The Hall–Kier alpha value is -1.82. The van der Waals surface area contributed by atoms with Gasteiger partial charge in [0, 0.05) is 31.0 Å². The number of anilines is 1. The molecular weight excluding hydrogens is 212 g/mol. The van der Waals surface area contributed by atoms with Crippen LogP contribution < -0.4 is 10.1 Å². The minimum atomic E-state index is -0.490. The zero-order chi connectivity index (χ0) is 12.0. The van der Waals surface area contributed by atoms with Crippen molar-refractivity contribution >= 4 is 11.4 Å². The first-order chi connectivity index (χ1) is 7.69. The monoisotopic (exact) mass is 226 g/mol. The number of nitrogens with zero attached hydrogens (tertiary/aromatic N) is 1. The third-order valence-electron chi connectivity index (χ3n) is 2.04. The molecule has 0 aliphatic rings. The van der Waals surface area contributed by atoms with Crippen LogP contribution in [0.5, 0.6) is 5.75 Å². The van der Waals surface area contributed by atoms with Gasteiger partial charge in [-0.15, -0.1) is 0 Å². The molecule has 0 amide bonds. The molecule has 0 spiro atoms. The second-order valence-corrected chi connectivity index (χ2v) is 3.15. The Bertz CT molecular complexity index is 368. The molecule has 6 heteroatoms. The third kappa shape index (κ3) is 3.09. The van der Waals surface area contributed by atoms with Crippen molar-refractivity contribution in [1.82, 2.24) is 0 Å². The first kappa shape index (κ1) is 12.3. The molecule has 0 unspecified atom stereocenters. The van der Waals surface area contributed by atoms with E-state index in [1.807, 2.05) is 0 Å². The lowest BCUT2D eigenvalue weighted by molar-refractivity contribution is -0.385. The van der Waals surface area contributed by atoms with Crippen molar-refractivity contribution in [2.75, 3.05) is 25.6 Å². The van der Waals surface area contributed by atoms with Gasteiger partial charge in [0.1, 0.15) is 0 Å². The Morgan fingerprint density at radius 1 is 1.56 bits per heavy atom. The standard InChI is InChI=1S/C10H14N2O4/c1-16-10-7-8(11-5-2-6-13)3-4-9(10)12(14)15/h3-4,7,11,13H,2,5-6H2,1H3. The van der Waals surface area contributed by atoms with Crippen LogP contribution in [0.4, 0.5) is 11.4 Å². The van der Waals surface area contributed by atoms with Gasteiger partial charge in [-0.2, -0.15) is 0 Å². The molecule has 0 fully saturated rings. The predicted molar refractivity (Wildman–Crippen MR) is 59.8 cm³/mol. The van der Waals surface area contributed by atoms with Crippen LogP contribution in [0.2, 0.25) is 0 Å². The van der Waals surface area contributed by atoms with E-state index in [1.165, 1.54) is 13.2 Å². The molecule has 0 aliphatic carbocycles.